The average Bonchev–Trinajstić information content (AvgIpc) is 3.43. The normalized spacial score (nSPS) is 25.1. The molecule has 218 valence electrons. The van der Waals surface area contributed by atoms with Crippen LogP contribution in [0.3, 0.4) is 0 Å². The zero-order chi connectivity index (χ0) is 29.1. The lowest BCUT2D eigenvalue weighted by atomic mass is 10.1. The van der Waals surface area contributed by atoms with Crippen LogP contribution in [0, 0.1) is 0 Å². The first-order valence-corrected chi connectivity index (χ1v) is 14.6. The van der Waals surface area contributed by atoms with Gasteiger partial charge in [0.2, 0.25) is 16.4 Å². The van der Waals surface area contributed by atoms with Crippen molar-refractivity contribution in [2.24, 2.45) is 0 Å². The summed E-state index contributed by atoms with van der Waals surface area (Å²) in [5.41, 5.74) is 6.17. The third kappa shape index (κ3) is 6.57. The maximum absolute atomic E-state index is 15.8. The summed E-state index contributed by atoms with van der Waals surface area (Å²) in [6, 6.07) is 2.40. The molecule has 0 amide bonds. The minimum atomic E-state index is -4.03. The smallest absolute Gasteiger partial charge is 0.341 e. The lowest BCUT2D eigenvalue weighted by Crippen LogP contribution is -2.40. The van der Waals surface area contributed by atoms with Gasteiger partial charge in [0.25, 0.3) is 0 Å². The van der Waals surface area contributed by atoms with Crippen molar-refractivity contribution in [1.29, 1.82) is 0 Å². The molecule has 15 nitrogen and oxygen atoms in total. The van der Waals surface area contributed by atoms with Gasteiger partial charge in [-0.3, -0.25) is 18.9 Å². The summed E-state index contributed by atoms with van der Waals surface area (Å²) in [5.74, 6) is -1.45. The predicted octanol–water partition coefficient (Wildman–Crippen LogP) is 1.67. The molecule has 0 aromatic carbocycles. The Bertz CT molecular complexity index is 1380. The first kappa shape index (κ1) is 30.2. The fourth-order valence-corrected chi connectivity index (χ4v) is 6.08. The third-order valence-corrected chi connectivity index (χ3v) is 8.53. The lowest BCUT2D eigenvalue weighted by Gasteiger charge is -2.25. The maximum atomic E-state index is 15.8. The molecule has 0 spiro atoms. The second-order valence-corrected chi connectivity index (χ2v) is 12.1. The summed E-state index contributed by atoms with van der Waals surface area (Å²) in [5, 5.41) is 26.1. The summed E-state index contributed by atoms with van der Waals surface area (Å²) < 4.78 is 44.6. The number of halogens is 2. The number of aromatic nitrogens is 5. The number of aromatic hydroxyl groups is 1. The molecule has 6 N–H and O–H groups in total. The molecule has 4 rings (SSSR count). The molecule has 3 aromatic heterocycles. The van der Waals surface area contributed by atoms with Crippen molar-refractivity contribution in [2.45, 2.75) is 55.9 Å². The number of ether oxygens (including phenoxy) is 2. The first-order valence-electron chi connectivity index (χ1n) is 12.2. The Morgan fingerprint density at radius 1 is 1.45 bits per heavy atom. The highest BCUT2D eigenvalue weighted by atomic mass is 79.9. The highest BCUT2D eigenvalue weighted by Gasteiger charge is 2.57. The third-order valence-electron chi connectivity index (χ3n) is 5.85. The molecule has 1 aliphatic rings. The van der Waals surface area contributed by atoms with E-state index in [9.17, 15) is 19.6 Å². The summed E-state index contributed by atoms with van der Waals surface area (Å²) in [6.07, 6.45) is 0.156. The molecule has 18 heteroatoms. The number of carbonyl (C=O) groups is 1. The number of nitrogens with one attached hydrogen (secondary N) is 2. The van der Waals surface area contributed by atoms with Gasteiger partial charge in [0, 0.05) is 18.9 Å². The van der Waals surface area contributed by atoms with Gasteiger partial charge in [0.05, 0.1) is 19.5 Å². The number of nitrogen functional groups attached to an aromatic ring is 1. The standard InChI is InChI=1S/C22H29BrFN8O7P/c1-3-7-37-19(35)12(2)31-40(36,28-9-13-5-4-6-26-8-13)38-10-14-16(33)22(23,24)20(39-14)32-11-27-15-17(32)29-21(25)30-18(15)34/h4-6,8,11-12,14,16,20,33H,3,7,9-10H2,1-2H3,(H2,28,31,36)(H3,25,29,30,34)/t12-,14+,16?,20+,22+,40?/m0/s1. The number of esters is 1. The molecular formula is C22H29BrFN8O7P. The Labute approximate surface area is 236 Å². The number of nitrogens with two attached hydrogens (primary N) is 1. The summed E-state index contributed by atoms with van der Waals surface area (Å²) in [6.45, 7) is 2.95. The predicted molar refractivity (Wildman–Crippen MR) is 143 cm³/mol. The van der Waals surface area contributed by atoms with Gasteiger partial charge in [0.1, 0.15) is 18.2 Å². The molecular weight excluding hydrogens is 618 g/mol. The highest BCUT2D eigenvalue weighted by molar-refractivity contribution is 9.10. The Morgan fingerprint density at radius 2 is 2.23 bits per heavy atom. The number of rotatable bonds is 12. The number of pyridine rings is 1. The van der Waals surface area contributed by atoms with Gasteiger partial charge < -0.3 is 29.9 Å². The number of carbonyl (C=O) groups excluding carboxylic acids is 1. The van der Waals surface area contributed by atoms with Crippen LogP contribution in [0.15, 0.2) is 30.9 Å². The van der Waals surface area contributed by atoms with Crippen LogP contribution in [-0.4, -0.2) is 76.7 Å². The molecule has 0 saturated carbocycles. The second kappa shape index (κ2) is 12.4. The quantitative estimate of drug-likeness (QED) is 0.108. The van der Waals surface area contributed by atoms with Crippen molar-refractivity contribution in [3.8, 4) is 5.88 Å². The van der Waals surface area contributed by atoms with Crippen LogP contribution < -0.4 is 15.9 Å². The maximum Gasteiger partial charge on any atom is 0.341 e. The van der Waals surface area contributed by atoms with Gasteiger partial charge in [-0.1, -0.05) is 13.0 Å². The lowest BCUT2D eigenvalue weighted by molar-refractivity contribution is -0.145. The summed E-state index contributed by atoms with van der Waals surface area (Å²) in [4.78, 5) is 27.9. The Hall–Kier alpha value is -2.79. The first-order chi connectivity index (χ1) is 18.9. The van der Waals surface area contributed by atoms with E-state index in [0.29, 0.717) is 12.0 Å². The topological polar surface area (TPSA) is 209 Å². The molecule has 2 unspecified atom stereocenters. The zero-order valence-corrected chi connectivity index (χ0v) is 24.0. The largest absolute Gasteiger partial charge is 0.492 e. The Morgan fingerprint density at radius 3 is 2.92 bits per heavy atom. The molecule has 4 heterocycles. The Balaban J connectivity index is 1.52. The van der Waals surface area contributed by atoms with Gasteiger partial charge in [-0.15, -0.1) is 0 Å². The number of aliphatic hydroxyl groups is 1. The molecule has 1 saturated heterocycles. The number of anilines is 1. The number of hydrogen-bond acceptors (Lipinski definition) is 12. The van der Waals surface area contributed by atoms with Crippen LogP contribution in [0.25, 0.3) is 11.2 Å². The Kier molecular flexibility index (Phi) is 9.34. The number of hydrogen-bond donors (Lipinski definition) is 5. The van der Waals surface area contributed by atoms with Crippen LogP contribution in [0.5, 0.6) is 5.88 Å². The van der Waals surface area contributed by atoms with E-state index < -0.39 is 55.2 Å². The van der Waals surface area contributed by atoms with Crippen molar-refractivity contribution >= 4 is 46.7 Å². The number of imidazole rings is 1. The van der Waals surface area contributed by atoms with Crippen molar-refractivity contribution < 1.29 is 38.0 Å². The number of fused-ring (bicyclic) bond motifs is 1. The van der Waals surface area contributed by atoms with E-state index in [0.717, 1.165) is 10.9 Å². The molecule has 0 aliphatic carbocycles. The summed E-state index contributed by atoms with van der Waals surface area (Å²) >= 11 is 2.87. The zero-order valence-electron chi connectivity index (χ0n) is 21.5. The van der Waals surface area contributed by atoms with Crippen molar-refractivity contribution in [1.82, 2.24) is 34.7 Å². The molecule has 1 fully saturated rings. The minimum absolute atomic E-state index is 0.0443. The summed E-state index contributed by atoms with van der Waals surface area (Å²) in [7, 11) is -4.03. The van der Waals surface area contributed by atoms with Crippen LogP contribution in [0.1, 0.15) is 32.1 Å². The van der Waals surface area contributed by atoms with Gasteiger partial charge in [-0.05, 0) is 40.9 Å². The van der Waals surface area contributed by atoms with Gasteiger partial charge in [0.15, 0.2) is 17.4 Å². The van der Waals surface area contributed by atoms with E-state index >= 15 is 4.39 Å². The van der Waals surface area contributed by atoms with E-state index in [1.165, 1.54) is 6.92 Å². The fourth-order valence-electron chi connectivity index (χ4n) is 3.84. The van der Waals surface area contributed by atoms with Gasteiger partial charge in [-0.2, -0.15) is 9.97 Å². The van der Waals surface area contributed by atoms with Crippen molar-refractivity contribution in [3.05, 3.63) is 36.4 Å². The van der Waals surface area contributed by atoms with Gasteiger partial charge in [-0.25, -0.2) is 19.5 Å². The van der Waals surface area contributed by atoms with E-state index in [2.05, 4.69) is 46.0 Å². The molecule has 6 atom stereocenters. The minimum Gasteiger partial charge on any atom is -0.492 e. The van der Waals surface area contributed by atoms with Crippen molar-refractivity contribution in [3.63, 3.8) is 0 Å². The average molecular weight is 647 g/mol. The van der Waals surface area contributed by atoms with Crippen LogP contribution in [0.4, 0.5) is 10.3 Å². The van der Waals surface area contributed by atoms with E-state index in [1.54, 1.807) is 24.5 Å². The monoisotopic (exact) mass is 646 g/mol. The van der Waals surface area contributed by atoms with Crippen LogP contribution >= 0.6 is 23.6 Å². The fraction of sp³-hybridized carbons (Fsp3) is 0.500. The number of alkyl halides is 2. The van der Waals surface area contributed by atoms with Crippen molar-refractivity contribution in [2.75, 3.05) is 18.9 Å². The number of aliphatic hydroxyl groups excluding tert-OH is 1. The molecule has 3 aromatic rings. The molecule has 0 radical (unpaired) electrons. The molecule has 1 aliphatic heterocycles. The van der Waals surface area contributed by atoms with Crippen LogP contribution in [0.2, 0.25) is 0 Å². The van der Waals surface area contributed by atoms with E-state index in [-0.39, 0.29) is 30.3 Å². The van der Waals surface area contributed by atoms with E-state index in [1.807, 2.05) is 6.92 Å². The van der Waals surface area contributed by atoms with Crippen LogP contribution in [-0.2, 0) is 29.9 Å². The highest BCUT2D eigenvalue weighted by Crippen LogP contribution is 2.48. The van der Waals surface area contributed by atoms with E-state index in [4.69, 9.17) is 19.7 Å². The van der Waals surface area contributed by atoms with Gasteiger partial charge >= 0.3 is 13.6 Å². The second-order valence-electron chi connectivity index (χ2n) is 8.94. The SMILES string of the molecule is CCCOC(=O)[C@H](C)NP(=O)(NCc1cccnc1)OC[C@H]1O[C@@H](n2cnc3c(O)nc(N)nc32)[C@@](F)(Br)C1O. The number of nitrogens with zero attached hydrogens (tertiary/aromatic N) is 5. The molecule has 0 bridgehead atoms. The molecule has 40 heavy (non-hydrogen) atoms.